The molecule has 3 aliphatic rings. The zero-order valence-corrected chi connectivity index (χ0v) is 29.3. The van der Waals surface area contributed by atoms with Gasteiger partial charge in [0.15, 0.2) is 12.2 Å². The zero-order chi connectivity index (χ0) is 32.9. The molecule has 3 aromatic rings. The quantitative estimate of drug-likeness (QED) is 0.256. The van der Waals surface area contributed by atoms with Gasteiger partial charge in [-0.05, 0) is 55.0 Å². The number of ether oxygens (including phenoxy) is 1. The van der Waals surface area contributed by atoms with Gasteiger partial charge >= 0.3 is 0 Å². The topological polar surface area (TPSA) is 136 Å². The first kappa shape index (κ1) is 35.8. The van der Waals surface area contributed by atoms with Crippen LogP contribution in [0.25, 0.3) is 0 Å². The SMILES string of the molecule is CC(C)C(=O)N1CCN(c2cc(C(=O)NC[C@H](O)CN3CCc4c(ccc(OCc5cnco5)c4Cl)C3)cc(NC3CCC3)n2)CC1.S. The highest BCUT2D eigenvalue weighted by Gasteiger charge is 2.26. The molecular weight excluding hydrogens is 654 g/mol. The van der Waals surface area contributed by atoms with Crippen molar-refractivity contribution >= 4 is 48.5 Å². The molecule has 2 amide bonds. The molecule has 0 radical (unpaired) electrons. The van der Waals surface area contributed by atoms with Gasteiger partial charge in [-0.25, -0.2) is 9.97 Å². The van der Waals surface area contributed by atoms with Crippen molar-refractivity contribution < 1.29 is 23.8 Å². The van der Waals surface area contributed by atoms with Crippen LogP contribution in [0.2, 0.25) is 5.02 Å². The first-order chi connectivity index (χ1) is 22.7. The first-order valence-corrected chi connectivity index (χ1v) is 16.9. The molecule has 2 aromatic heterocycles. The molecule has 0 unspecified atom stereocenters. The third-order valence-electron chi connectivity index (χ3n) is 9.14. The molecule has 2 aliphatic heterocycles. The van der Waals surface area contributed by atoms with Gasteiger partial charge in [0.2, 0.25) is 5.91 Å². The number of benzene rings is 1. The highest BCUT2D eigenvalue weighted by atomic mass is 35.5. The van der Waals surface area contributed by atoms with Crippen LogP contribution in [0.5, 0.6) is 5.75 Å². The Labute approximate surface area is 293 Å². The number of carbonyl (C=O) groups is 2. The number of β-amino-alcohol motifs (C(OH)–C–C–N with tert-alkyl or cyclic N) is 1. The molecule has 4 heterocycles. The maximum absolute atomic E-state index is 13.4. The Morgan fingerprint density at radius 3 is 2.62 bits per heavy atom. The fourth-order valence-electron chi connectivity index (χ4n) is 6.22. The zero-order valence-electron chi connectivity index (χ0n) is 27.6. The van der Waals surface area contributed by atoms with E-state index in [-0.39, 0.29) is 44.4 Å². The maximum atomic E-state index is 13.4. The highest BCUT2D eigenvalue weighted by Crippen LogP contribution is 2.34. The number of hydrogen-bond donors (Lipinski definition) is 3. The lowest BCUT2D eigenvalue weighted by atomic mass is 9.93. The van der Waals surface area contributed by atoms with Gasteiger partial charge in [-0.3, -0.25) is 14.5 Å². The van der Waals surface area contributed by atoms with E-state index < -0.39 is 6.10 Å². The monoisotopic (exact) mass is 699 g/mol. The second kappa shape index (κ2) is 16.3. The number of hydrogen-bond acceptors (Lipinski definition) is 10. The van der Waals surface area contributed by atoms with E-state index >= 15 is 0 Å². The van der Waals surface area contributed by atoms with E-state index in [1.54, 1.807) is 12.3 Å². The number of piperazine rings is 1. The predicted octanol–water partition coefficient (Wildman–Crippen LogP) is 3.83. The molecule has 0 spiro atoms. The summed E-state index contributed by atoms with van der Waals surface area (Å²) in [5.41, 5.74) is 2.64. The van der Waals surface area contributed by atoms with Crippen LogP contribution in [0.1, 0.15) is 60.4 Å². The Balaban J connectivity index is 0.00000451. The van der Waals surface area contributed by atoms with Crippen LogP contribution in [0.15, 0.2) is 41.3 Å². The van der Waals surface area contributed by atoms with Crippen molar-refractivity contribution in [2.75, 3.05) is 56.0 Å². The molecular formula is C34H46ClN7O5S. The minimum atomic E-state index is -0.749. The van der Waals surface area contributed by atoms with Crippen molar-refractivity contribution in [3.8, 4) is 5.75 Å². The number of aromatic nitrogens is 2. The number of pyridine rings is 1. The fraction of sp³-hybridized carbons (Fsp3) is 0.529. The molecule has 2 fully saturated rings. The third-order valence-corrected chi connectivity index (χ3v) is 9.55. The molecule has 260 valence electrons. The molecule has 1 aromatic carbocycles. The third kappa shape index (κ3) is 8.73. The van der Waals surface area contributed by atoms with Crippen molar-refractivity contribution in [3.05, 3.63) is 64.3 Å². The summed E-state index contributed by atoms with van der Waals surface area (Å²) < 4.78 is 11.1. The van der Waals surface area contributed by atoms with Gasteiger partial charge in [-0.15, -0.1) is 0 Å². The van der Waals surface area contributed by atoms with Crippen LogP contribution in [-0.4, -0.2) is 94.6 Å². The smallest absolute Gasteiger partial charge is 0.251 e. The molecule has 1 atom stereocenters. The second-order valence-corrected chi connectivity index (χ2v) is 13.3. The Kier molecular flexibility index (Phi) is 12.1. The molecule has 1 saturated heterocycles. The van der Waals surface area contributed by atoms with E-state index in [4.69, 9.17) is 25.7 Å². The minimum absolute atomic E-state index is 0. The lowest BCUT2D eigenvalue weighted by Gasteiger charge is -2.36. The van der Waals surface area contributed by atoms with Crippen LogP contribution in [0.4, 0.5) is 11.6 Å². The number of carbonyl (C=O) groups excluding carboxylic acids is 2. The van der Waals surface area contributed by atoms with Crippen LogP contribution in [0, 0.1) is 5.92 Å². The molecule has 48 heavy (non-hydrogen) atoms. The number of nitrogens with zero attached hydrogens (tertiary/aromatic N) is 5. The first-order valence-electron chi connectivity index (χ1n) is 16.5. The molecule has 3 N–H and O–H groups in total. The summed E-state index contributed by atoms with van der Waals surface area (Å²) in [5, 5.41) is 17.9. The lowest BCUT2D eigenvalue weighted by molar-refractivity contribution is -0.134. The average Bonchev–Trinajstić information content (AvgIpc) is 3.58. The van der Waals surface area contributed by atoms with E-state index in [1.165, 1.54) is 12.8 Å². The highest BCUT2D eigenvalue weighted by molar-refractivity contribution is 7.59. The number of nitrogens with one attached hydrogen (secondary N) is 2. The van der Waals surface area contributed by atoms with Gasteiger partial charge in [-0.1, -0.05) is 31.5 Å². The summed E-state index contributed by atoms with van der Waals surface area (Å²) in [6.45, 7) is 8.54. The number of fused-ring (bicyclic) bond motifs is 1. The number of rotatable bonds is 12. The van der Waals surface area contributed by atoms with E-state index in [0.717, 1.165) is 36.9 Å². The molecule has 0 bridgehead atoms. The largest absolute Gasteiger partial charge is 0.484 e. The van der Waals surface area contributed by atoms with Crippen molar-refractivity contribution in [3.63, 3.8) is 0 Å². The van der Waals surface area contributed by atoms with Gasteiger partial charge in [0.1, 0.15) is 24.0 Å². The normalized spacial score (nSPS) is 17.3. The lowest BCUT2D eigenvalue weighted by Crippen LogP contribution is -2.50. The fourth-order valence-corrected chi connectivity index (χ4v) is 6.55. The Morgan fingerprint density at radius 2 is 1.94 bits per heavy atom. The Bertz CT molecular complexity index is 1550. The van der Waals surface area contributed by atoms with Crippen LogP contribution in [0.3, 0.4) is 0 Å². The second-order valence-electron chi connectivity index (χ2n) is 13.0. The van der Waals surface area contributed by atoms with Crippen molar-refractivity contribution in [1.29, 1.82) is 0 Å². The van der Waals surface area contributed by atoms with Gasteiger partial charge < -0.3 is 34.7 Å². The molecule has 1 aliphatic carbocycles. The molecule has 14 heteroatoms. The predicted molar refractivity (Wildman–Crippen MR) is 189 cm³/mol. The summed E-state index contributed by atoms with van der Waals surface area (Å²) in [5.74, 6) is 2.49. The average molecular weight is 700 g/mol. The maximum Gasteiger partial charge on any atom is 0.251 e. The molecule has 12 nitrogen and oxygen atoms in total. The number of anilines is 2. The number of oxazole rings is 1. The van der Waals surface area contributed by atoms with E-state index in [0.29, 0.717) is 79.0 Å². The minimum Gasteiger partial charge on any atom is -0.484 e. The summed E-state index contributed by atoms with van der Waals surface area (Å²) in [4.78, 5) is 40.8. The Morgan fingerprint density at radius 1 is 1.15 bits per heavy atom. The van der Waals surface area contributed by atoms with Gasteiger partial charge in [0.25, 0.3) is 5.91 Å². The summed E-state index contributed by atoms with van der Waals surface area (Å²) >= 11 is 6.69. The van der Waals surface area contributed by atoms with Crippen LogP contribution < -0.4 is 20.3 Å². The number of aliphatic hydroxyl groups is 1. The number of amides is 2. The van der Waals surface area contributed by atoms with Crippen molar-refractivity contribution in [2.24, 2.45) is 5.92 Å². The van der Waals surface area contributed by atoms with Crippen molar-refractivity contribution in [2.45, 2.75) is 64.8 Å². The van der Waals surface area contributed by atoms with Crippen molar-refractivity contribution in [1.82, 2.24) is 25.1 Å². The number of aliphatic hydroxyl groups excluding tert-OH is 1. The summed E-state index contributed by atoms with van der Waals surface area (Å²) in [6.07, 6.45) is 6.31. The van der Waals surface area contributed by atoms with Gasteiger partial charge in [-0.2, -0.15) is 13.5 Å². The van der Waals surface area contributed by atoms with Crippen LogP contribution >= 0.6 is 25.1 Å². The van der Waals surface area contributed by atoms with Gasteiger partial charge in [0.05, 0.1) is 17.3 Å². The van der Waals surface area contributed by atoms with E-state index in [2.05, 4.69) is 25.4 Å². The van der Waals surface area contributed by atoms with E-state index in [1.807, 2.05) is 36.9 Å². The van der Waals surface area contributed by atoms with Crippen LogP contribution in [-0.2, 0) is 24.4 Å². The number of halogens is 1. The van der Waals surface area contributed by atoms with Gasteiger partial charge in [0, 0.05) is 69.9 Å². The van der Waals surface area contributed by atoms with E-state index in [9.17, 15) is 14.7 Å². The summed E-state index contributed by atoms with van der Waals surface area (Å²) in [7, 11) is 0. The molecule has 1 saturated carbocycles. The molecule has 6 rings (SSSR count). The summed E-state index contributed by atoms with van der Waals surface area (Å²) in [6, 6.07) is 7.83. The standard InChI is InChI=1S/C34H44ClN7O5.H2S/c1-22(2)34(45)42-12-10-41(11-13-42)31-15-24(14-30(39-31)38-25-4-3-5-25)33(44)37-16-26(43)19-40-9-8-28-23(18-40)6-7-29(32(28)35)46-20-27-17-36-21-47-27;/h6-7,14-15,17,21-22,25-26,43H,3-5,8-13,16,18-20H2,1-2H3,(H,37,44)(H,38,39);1H2/t26-;/m0./s1. The Hall–Kier alpha value is -3.52.